The Bertz CT molecular complexity index is 840. The second kappa shape index (κ2) is 5.34. The van der Waals surface area contributed by atoms with Crippen LogP contribution in [0, 0.1) is 56.2 Å². The van der Waals surface area contributed by atoms with E-state index < -0.39 is 28.6 Å². The van der Waals surface area contributed by atoms with Crippen LogP contribution in [-0.2, 0) is 16.5 Å². The minimum atomic E-state index is -1.87. The molecule has 7 nitrogen and oxygen atoms in total. The van der Waals surface area contributed by atoms with E-state index in [1.165, 1.54) is 0 Å². The highest BCUT2D eigenvalue weighted by molar-refractivity contribution is 5.89. The summed E-state index contributed by atoms with van der Waals surface area (Å²) in [6.07, 6.45) is 2.01. The summed E-state index contributed by atoms with van der Waals surface area (Å²) in [5.41, 5.74) is -2.95. The van der Waals surface area contributed by atoms with E-state index in [1.54, 1.807) is 36.9 Å². The summed E-state index contributed by atoms with van der Waals surface area (Å²) in [6, 6.07) is 9.77. The molecular weight excluding hydrogens is 318 g/mol. The molecule has 2 fully saturated rings. The van der Waals surface area contributed by atoms with E-state index in [0.717, 1.165) is 0 Å². The molecule has 0 radical (unpaired) electrons. The van der Waals surface area contributed by atoms with Crippen molar-refractivity contribution in [2.75, 3.05) is 0 Å². The zero-order valence-electron chi connectivity index (χ0n) is 14.4. The van der Waals surface area contributed by atoms with Crippen LogP contribution in [0.1, 0.15) is 38.5 Å². The number of nitriles is 3. The van der Waals surface area contributed by atoms with Crippen molar-refractivity contribution in [1.82, 2.24) is 4.57 Å². The quantitative estimate of drug-likeness (QED) is 0.909. The van der Waals surface area contributed by atoms with Crippen LogP contribution in [0.25, 0.3) is 0 Å². The van der Waals surface area contributed by atoms with Gasteiger partial charge in [0, 0.05) is 25.9 Å². The number of nitrogens with one attached hydrogen (secondary N) is 1. The van der Waals surface area contributed by atoms with E-state index in [2.05, 4.69) is 6.07 Å². The summed E-state index contributed by atoms with van der Waals surface area (Å²) < 4.78 is 13.6. The summed E-state index contributed by atoms with van der Waals surface area (Å²) in [5.74, 6) is -2.15. The molecule has 0 amide bonds. The number of hydrogen-bond donors (Lipinski definition) is 1. The Kier molecular flexibility index (Phi) is 3.64. The molecule has 1 aromatic rings. The first-order chi connectivity index (χ1) is 11.9. The Morgan fingerprint density at radius 3 is 2.44 bits per heavy atom. The van der Waals surface area contributed by atoms with Gasteiger partial charge >= 0.3 is 0 Å². The predicted molar refractivity (Wildman–Crippen MR) is 86.6 cm³/mol. The van der Waals surface area contributed by atoms with Crippen LogP contribution in [0.15, 0.2) is 18.3 Å². The summed E-state index contributed by atoms with van der Waals surface area (Å²) in [6.45, 7) is 3.64. The lowest BCUT2D eigenvalue weighted by Gasteiger charge is -2.48. The molecule has 4 unspecified atom stereocenters. The molecule has 0 spiro atoms. The average Bonchev–Trinajstić information content (AvgIpc) is 3.07. The van der Waals surface area contributed by atoms with Gasteiger partial charge in [0.1, 0.15) is 6.10 Å². The Balaban J connectivity index is 2.34. The highest BCUT2D eigenvalue weighted by Crippen LogP contribution is 2.67. The van der Waals surface area contributed by atoms with Crippen molar-refractivity contribution in [3.63, 3.8) is 0 Å². The third-order valence-electron chi connectivity index (χ3n) is 5.54. The number of rotatable bonds is 3. The van der Waals surface area contributed by atoms with Crippen LogP contribution in [0.2, 0.25) is 0 Å². The highest BCUT2D eigenvalue weighted by atomic mass is 16.7. The summed E-state index contributed by atoms with van der Waals surface area (Å²) in [5, 5.41) is 38.5. The SMILES string of the molecule is CCCC1C2(C)OC(=N)C1(C#N)C(C#N)(C#N)C(c1cccn1C)O2. The summed E-state index contributed by atoms with van der Waals surface area (Å²) in [4.78, 5) is 0. The first-order valence-electron chi connectivity index (χ1n) is 8.17. The zero-order chi connectivity index (χ0) is 18.5. The van der Waals surface area contributed by atoms with E-state index >= 15 is 0 Å². The van der Waals surface area contributed by atoms with Gasteiger partial charge in [0.25, 0.3) is 0 Å². The van der Waals surface area contributed by atoms with E-state index in [-0.39, 0.29) is 5.90 Å². The van der Waals surface area contributed by atoms with Gasteiger partial charge in [-0.3, -0.25) is 5.41 Å². The molecular formula is C18H19N5O2. The monoisotopic (exact) mass is 337 g/mol. The van der Waals surface area contributed by atoms with Crippen molar-refractivity contribution in [3.8, 4) is 18.2 Å². The Morgan fingerprint density at radius 1 is 1.28 bits per heavy atom. The van der Waals surface area contributed by atoms with Gasteiger partial charge in [-0.15, -0.1) is 0 Å². The normalized spacial score (nSPS) is 35.3. The van der Waals surface area contributed by atoms with Gasteiger partial charge in [-0.2, -0.15) is 15.8 Å². The van der Waals surface area contributed by atoms with Gasteiger partial charge in [0.05, 0.1) is 24.1 Å². The third-order valence-corrected chi connectivity index (χ3v) is 5.54. The second-order valence-electron chi connectivity index (χ2n) is 6.78. The van der Waals surface area contributed by atoms with Gasteiger partial charge in [-0.1, -0.05) is 13.3 Å². The minimum absolute atomic E-state index is 0.351. The van der Waals surface area contributed by atoms with Gasteiger partial charge in [-0.25, -0.2) is 0 Å². The largest absolute Gasteiger partial charge is 0.448 e. The highest BCUT2D eigenvalue weighted by Gasteiger charge is 2.79. The van der Waals surface area contributed by atoms with E-state index in [0.29, 0.717) is 18.5 Å². The molecule has 4 atom stereocenters. The molecule has 3 rings (SSSR count). The molecule has 2 bridgehead atoms. The number of nitrogens with zero attached hydrogens (tertiary/aromatic N) is 4. The fourth-order valence-electron chi connectivity index (χ4n) is 4.33. The topological polar surface area (TPSA) is 119 Å². The zero-order valence-corrected chi connectivity index (χ0v) is 14.4. The summed E-state index contributed by atoms with van der Waals surface area (Å²) in [7, 11) is 1.78. The molecule has 7 heteroatoms. The number of fused-ring (bicyclic) bond motifs is 2. The maximum Gasteiger partial charge on any atom is 0.214 e. The fourth-order valence-corrected chi connectivity index (χ4v) is 4.33. The molecule has 0 aliphatic carbocycles. The van der Waals surface area contributed by atoms with Crippen LogP contribution >= 0.6 is 0 Å². The van der Waals surface area contributed by atoms with Gasteiger partial charge < -0.3 is 14.0 Å². The summed E-state index contributed by atoms with van der Waals surface area (Å²) >= 11 is 0. The van der Waals surface area contributed by atoms with Crippen LogP contribution in [-0.4, -0.2) is 16.3 Å². The lowest BCUT2D eigenvalue weighted by Crippen LogP contribution is -2.58. The van der Waals surface area contributed by atoms with Gasteiger partial charge in [0.2, 0.25) is 17.1 Å². The van der Waals surface area contributed by atoms with Crippen LogP contribution in [0.5, 0.6) is 0 Å². The fraction of sp³-hybridized carbons (Fsp3) is 0.556. The first kappa shape index (κ1) is 17.0. The number of ether oxygens (including phenoxy) is 2. The molecule has 2 aliphatic heterocycles. The predicted octanol–water partition coefficient (Wildman–Crippen LogP) is 2.78. The lowest BCUT2D eigenvalue weighted by molar-refractivity contribution is -0.275. The molecule has 25 heavy (non-hydrogen) atoms. The maximum atomic E-state index is 10.1. The minimum Gasteiger partial charge on any atom is -0.448 e. The third kappa shape index (κ3) is 1.78. The van der Waals surface area contributed by atoms with Crippen molar-refractivity contribution in [1.29, 1.82) is 21.2 Å². The molecule has 2 aliphatic rings. The van der Waals surface area contributed by atoms with E-state index in [9.17, 15) is 15.8 Å². The van der Waals surface area contributed by atoms with Crippen LogP contribution in [0.4, 0.5) is 0 Å². The molecule has 1 N–H and O–H groups in total. The van der Waals surface area contributed by atoms with Crippen LogP contribution in [0.3, 0.4) is 0 Å². The van der Waals surface area contributed by atoms with Crippen LogP contribution < -0.4 is 0 Å². The standard InChI is InChI=1S/C18H19N5O2/c1-4-6-13-16(2)24-14(12-7-5-8-23(12)3)17(9-19,10-20)18(13,11-21)15(22)25-16/h5,7-8,13-14,22H,4,6H2,1-3H3. The van der Waals surface area contributed by atoms with E-state index in [1.807, 2.05) is 19.1 Å². The van der Waals surface area contributed by atoms with Crippen molar-refractivity contribution in [2.45, 2.75) is 38.6 Å². The molecule has 3 heterocycles. The number of aryl methyl sites for hydroxylation is 1. The second-order valence-corrected chi connectivity index (χ2v) is 6.78. The average molecular weight is 337 g/mol. The molecule has 0 saturated carbocycles. The Hall–Kier alpha value is -2.82. The smallest absolute Gasteiger partial charge is 0.214 e. The van der Waals surface area contributed by atoms with Gasteiger partial charge in [0.15, 0.2) is 5.41 Å². The van der Waals surface area contributed by atoms with Crippen molar-refractivity contribution >= 4 is 5.90 Å². The Morgan fingerprint density at radius 2 is 1.96 bits per heavy atom. The number of hydrogen-bond acceptors (Lipinski definition) is 6. The number of aromatic nitrogens is 1. The first-order valence-corrected chi connectivity index (χ1v) is 8.17. The van der Waals surface area contributed by atoms with Gasteiger partial charge in [-0.05, 0) is 18.6 Å². The molecule has 0 aromatic carbocycles. The maximum absolute atomic E-state index is 10.1. The van der Waals surface area contributed by atoms with Crippen molar-refractivity contribution in [2.24, 2.45) is 23.8 Å². The van der Waals surface area contributed by atoms with Crippen molar-refractivity contribution in [3.05, 3.63) is 24.0 Å². The molecule has 1 aromatic heterocycles. The van der Waals surface area contributed by atoms with E-state index in [4.69, 9.17) is 14.9 Å². The molecule has 2 saturated heterocycles. The lowest BCUT2D eigenvalue weighted by atomic mass is 9.53. The Labute approximate surface area is 146 Å². The van der Waals surface area contributed by atoms with Crippen molar-refractivity contribution < 1.29 is 9.47 Å². The molecule has 128 valence electrons.